The normalized spacial score (nSPS) is 12.3. The highest BCUT2D eigenvalue weighted by Crippen LogP contribution is 2.29. The van der Waals surface area contributed by atoms with Gasteiger partial charge in [-0.25, -0.2) is 8.42 Å². The Labute approximate surface area is 259 Å². The average molecular weight is 633 g/mol. The van der Waals surface area contributed by atoms with Gasteiger partial charge in [0.05, 0.1) is 10.6 Å². The number of hydrogen-bond donors (Lipinski definition) is 1. The summed E-state index contributed by atoms with van der Waals surface area (Å²) in [6.07, 6.45) is 0. The predicted octanol–water partition coefficient (Wildman–Crippen LogP) is 6.81. The van der Waals surface area contributed by atoms with Crippen molar-refractivity contribution in [1.29, 1.82) is 0 Å². The highest BCUT2D eigenvalue weighted by Gasteiger charge is 2.33. The molecule has 2 amide bonds. The van der Waals surface area contributed by atoms with Crippen molar-refractivity contribution in [3.05, 3.63) is 93.5 Å². The molecule has 0 aliphatic rings. The lowest BCUT2D eigenvalue weighted by Gasteiger charge is -2.32. The number of benzene rings is 3. The first-order valence-electron chi connectivity index (χ1n) is 13.9. The van der Waals surface area contributed by atoms with Crippen LogP contribution in [-0.4, -0.2) is 44.3 Å². The van der Waals surface area contributed by atoms with Gasteiger partial charge in [-0.15, -0.1) is 0 Å². The summed E-state index contributed by atoms with van der Waals surface area (Å²) in [5.74, 6) is -0.507. The van der Waals surface area contributed by atoms with Crippen molar-refractivity contribution in [3.63, 3.8) is 0 Å². The number of nitrogens with zero attached hydrogens (tertiary/aromatic N) is 2. The van der Waals surface area contributed by atoms with Gasteiger partial charge in [-0.2, -0.15) is 0 Å². The molecule has 0 aliphatic carbocycles. The van der Waals surface area contributed by atoms with E-state index in [1.807, 2.05) is 46.8 Å². The van der Waals surface area contributed by atoms with Crippen LogP contribution in [0.4, 0.5) is 5.69 Å². The number of halogens is 2. The second-order valence-electron chi connectivity index (χ2n) is 11.1. The van der Waals surface area contributed by atoms with Gasteiger partial charge in [0.15, 0.2) is 0 Å². The zero-order valence-corrected chi connectivity index (χ0v) is 27.2. The molecule has 226 valence electrons. The minimum atomic E-state index is -4.16. The molecular formula is C32H39Cl2N3O4S. The van der Waals surface area contributed by atoms with E-state index in [2.05, 4.69) is 5.32 Å². The van der Waals surface area contributed by atoms with Gasteiger partial charge in [0.25, 0.3) is 10.0 Å². The molecule has 0 aromatic heterocycles. The zero-order valence-electron chi connectivity index (χ0n) is 24.9. The van der Waals surface area contributed by atoms with Crippen LogP contribution in [0.15, 0.2) is 71.6 Å². The van der Waals surface area contributed by atoms with Crippen LogP contribution in [-0.2, 0) is 26.2 Å². The molecule has 0 saturated heterocycles. The predicted molar refractivity (Wildman–Crippen MR) is 171 cm³/mol. The second-order valence-corrected chi connectivity index (χ2v) is 13.8. The summed E-state index contributed by atoms with van der Waals surface area (Å²) in [4.78, 5) is 28.6. The molecule has 0 bridgehead atoms. The fourth-order valence-corrected chi connectivity index (χ4v) is 6.21. The second kappa shape index (κ2) is 14.4. The van der Waals surface area contributed by atoms with Gasteiger partial charge >= 0.3 is 0 Å². The van der Waals surface area contributed by atoms with E-state index in [0.717, 1.165) is 15.4 Å². The lowest BCUT2D eigenvalue weighted by molar-refractivity contribution is -0.139. The molecule has 0 fully saturated rings. The van der Waals surface area contributed by atoms with E-state index >= 15 is 0 Å². The van der Waals surface area contributed by atoms with Gasteiger partial charge in [-0.3, -0.25) is 13.9 Å². The maximum atomic E-state index is 14.1. The Morgan fingerprint density at radius 2 is 1.43 bits per heavy atom. The molecule has 0 radical (unpaired) electrons. The van der Waals surface area contributed by atoms with E-state index < -0.39 is 28.5 Å². The Morgan fingerprint density at radius 3 is 1.95 bits per heavy atom. The number of anilines is 1. The van der Waals surface area contributed by atoms with Crippen molar-refractivity contribution in [2.24, 2.45) is 5.92 Å². The van der Waals surface area contributed by atoms with Crippen molar-refractivity contribution >= 4 is 50.7 Å². The summed E-state index contributed by atoms with van der Waals surface area (Å²) in [5, 5.41) is 3.54. The molecular weight excluding hydrogens is 593 g/mol. The van der Waals surface area contributed by atoms with Gasteiger partial charge in [-0.05, 0) is 67.6 Å². The fraction of sp³-hybridized carbons (Fsp3) is 0.375. The van der Waals surface area contributed by atoms with Gasteiger partial charge in [0, 0.05) is 28.7 Å². The minimum Gasteiger partial charge on any atom is -0.354 e. The third kappa shape index (κ3) is 8.27. The Hall–Kier alpha value is -3.07. The van der Waals surface area contributed by atoms with Crippen molar-refractivity contribution in [3.8, 4) is 0 Å². The highest BCUT2D eigenvalue weighted by atomic mass is 35.5. The highest BCUT2D eigenvalue weighted by molar-refractivity contribution is 7.92. The first-order chi connectivity index (χ1) is 19.7. The molecule has 10 heteroatoms. The monoisotopic (exact) mass is 631 g/mol. The standard InChI is InChI=1S/C32H39Cl2N3O4S/c1-21(2)18-35-32(39)24(6)36(19-28-29(33)8-7-9-30(28)34)31(38)20-37(26-14-12-25(13-15-26)22(3)4)42(40,41)27-16-10-23(5)11-17-27/h7-17,21-22,24H,18-20H2,1-6H3,(H,35,39). The number of rotatable bonds is 12. The van der Waals surface area contributed by atoms with E-state index in [1.165, 1.54) is 17.0 Å². The minimum absolute atomic E-state index is 0.0530. The summed E-state index contributed by atoms with van der Waals surface area (Å²) in [5.41, 5.74) is 2.73. The number of carbonyl (C=O) groups is 2. The molecule has 3 rings (SSSR count). The molecule has 3 aromatic carbocycles. The van der Waals surface area contributed by atoms with Crippen LogP contribution in [0.3, 0.4) is 0 Å². The Kier molecular flexibility index (Phi) is 11.5. The SMILES string of the molecule is Cc1ccc(S(=O)(=O)N(CC(=O)N(Cc2c(Cl)cccc2Cl)C(C)C(=O)NCC(C)C)c2ccc(C(C)C)cc2)cc1. The lowest BCUT2D eigenvalue weighted by Crippen LogP contribution is -2.51. The van der Waals surface area contributed by atoms with E-state index in [9.17, 15) is 18.0 Å². The van der Waals surface area contributed by atoms with Crippen molar-refractivity contribution in [2.45, 2.75) is 64.9 Å². The summed E-state index contributed by atoms with van der Waals surface area (Å²) < 4.78 is 29.1. The first kappa shape index (κ1) is 33.4. The van der Waals surface area contributed by atoms with Gasteiger partial charge < -0.3 is 10.2 Å². The fourth-order valence-electron chi connectivity index (χ4n) is 4.28. The average Bonchev–Trinajstić information content (AvgIpc) is 2.94. The van der Waals surface area contributed by atoms with E-state index in [4.69, 9.17) is 23.2 Å². The van der Waals surface area contributed by atoms with E-state index in [-0.39, 0.29) is 29.2 Å². The first-order valence-corrected chi connectivity index (χ1v) is 16.1. The van der Waals surface area contributed by atoms with Crippen LogP contribution in [0.2, 0.25) is 10.0 Å². The number of carbonyl (C=O) groups excluding carboxylic acids is 2. The van der Waals surface area contributed by atoms with Gasteiger partial charge in [-0.1, -0.05) is 86.8 Å². The number of nitrogens with one attached hydrogen (secondary N) is 1. The number of sulfonamides is 1. The van der Waals surface area contributed by atoms with Crippen LogP contribution in [0.1, 0.15) is 57.2 Å². The van der Waals surface area contributed by atoms with Crippen LogP contribution in [0, 0.1) is 12.8 Å². The topological polar surface area (TPSA) is 86.8 Å². The Balaban J connectivity index is 2.07. The van der Waals surface area contributed by atoms with Crippen molar-refractivity contribution < 1.29 is 18.0 Å². The molecule has 42 heavy (non-hydrogen) atoms. The molecule has 1 unspecified atom stereocenters. The smallest absolute Gasteiger partial charge is 0.264 e. The van der Waals surface area contributed by atoms with Crippen molar-refractivity contribution in [1.82, 2.24) is 10.2 Å². The molecule has 0 spiro atoms. The van der Waals surface area contributed by atoms with Gasteiger partial charge in [0.1, 0.15) is 12.6 Å². The lowest BCUT2D eigenvalue weighted by atomic mass is 10.0. The molecule has 1 N–H and O–H groups in total. The largest absolute Gasteiger partial charge is 0.354 e. The zero-order chi connectivity index (χ0) is 31.2. The quantitative estimate of drug-likeness (QED) is 0.238. The molecule has 3 aromatic rings. The maximum absolute atomic E-state index is 14.1. The number of aryl methyl sites for hydroxylation is 1. The number of amides is 2. The van der Waals surface area contributed by atoms with E-state index in [1.54, 1.807) is 49.4 Å². The van der Waals surface area contributed by atoms with Crippen LogP contribution >= 0.6 is 23.2 Å². The Bertz CT molecular complexity index is 1470. The maximum Gasteiger partial charge on any atom is 0.264 e. The molecule has 0 aliphatic heterocycles. The van der Waals surface area contributed by atoms with Crippen LogP contribution in [0.5, 0.6) is 0 Å². The number of hydrogen-bond acceptors (Lipinski definition) is 4. The Morgan fingerprint density at radius 1 is 0.857 bits per heavy atom. The molecule has 0 heterocycles. The third-order valence-corrected chi connectivity index (χ3v) is 9.47. The van der Waals surface area contributed by atoms with Crippen LogP contribution in [0.25, 0.3) is 0 Å². The van der Waals surface area contributed by atoms with Gasteiger partial charge in [0.2, 0.25) is 11.8 Å². The third-order valence-electron chi connectivity index (χ3n) is 6.98. The molecule has 1 atom stereocenters. The molecule has 7 nitrogen and oxygen atoms in total. The summed E-state index contributed by atoms with van der Waals surface area (Å²) in [6.45, 7) is 11.3. The summed E-state index contributed by atoms with van der Waals surface area (Å²) in [7, 11) is -4.16. The van der Waals surface area contributed by atoms with Crippen molar-refractivity contribution in [2.75, 3.05) is 17.4 Å². The van der Waals surface area contributed by atoms with Crippen LogP contribution < -0.4 is 9.62 Å². The molecule has 0 saturated carbocycles. The summed E-state index contributed by atoms with van der Waals surface area (Å²) in [6, 6.07) is 17.6. The van der Waals surface area contributed by atoms with E-state index in [0.29, 0.717) is 27.8 Å². The summed E-state index contributed by atoms with van der Waals surface area (Å²) >= 11 is 12.9.